The third kappa shape index (κ3) is 4.03. The van der Waals surface area contributed by atoms with Crippen LogP contribution in [0.2, 0.25) is 5.02 Å². The van der Waals surface area contributed by atoms with Crippen molar-refractivity contribution in [3.63, 3.8) is 0 Å². The van der Waals surface area contributed by atoms with E-state index >= 15 is 0 Å². The normalized spacial score (nSPS) is 11.4. The van der Waals surface area contributed by atoms with Gasteiger partial charge in [0.1, 0.15) is 5.75 Å². The first-order chi connectivity index (χ1) is 10.5. The lowest BCUT2D eigenvalue weighted by molar-refractivity contribution is -0.122. The fraction of sp³-hybridized carbons (Fsp3) is 0.167. The standard InChI is InChI=1S/C18H16ClNO2/c1-4-14-6-5-7-16(11-14)20-18(21)13(3)22-17-9-8-15(19)10-12(17)2/h1,5-11,13H,2-3H3,(H,20,21). The fourth-order valence-electron chi connectivity index (χ4n) is 1.92. The Balaban J connectivity index is 2.04. The largest absolute Gasteiger partial charge is 0.481 e. The van der Waals surface area contributed by atoms with E-state index in [1.54, 1.807) is 49.4 Å². The molecule has 1 atom stereocenters. The van der Waals surface area contributed by atoms with Crippen molar-refractivity contribution < 1.29 is 9.53 Å². The molecule has 0 aliphatic heterocycles. The van der Waals surface area contributed by atoms with Crippen LogP contribution in [-0.2, 0) is 4.79 Å². The van der Waals surface area contributed by atoms with E-state index in [-0.39, 0.29) is 5.91 Å². The van der Waals surface area contributed by atoms with Crippen LogP contribution < -0.4 is 10.1 Å². The number of carbonyl (C=O) groups excluding carboxylic acids is 1. The number of nitrogens with one attached hydrogen (secondary N) is 1. The number of ether oxygens (including phenoxy) is 1. The Morgan fingerprint density at radius 2 is 2.09 bits per heavy atom. The molecule has 1 amide bonds. The van der Waals surface area contributed by atoms with Crippen LogP contribution >= 0.6 is 11.6 Å². The molecule has 0 aliphatic carbocycles. The first-order valence-electron chi connectivity index (χ1n) is 6.80. The second-order valence-corrected chi connectivity index (χ2v) is 5.32. The van der Waals surface area contributed by atoms with Crippen molar-refractivity contribution in [3.8, 4) is 18.1 Å². The second kappa shape index (κ2) is 7.02. The van der Waals surface area contributed by atoms with Gasteiger partial charge in [-0.3, -0.25) is 4.79 Å². The summed E-state index contributed by atoms with van der Waals surface area (Å²) in [5, 5.41) is 3.41. The molecular formula is C18H16ClNO2. The average molecular weight is 314 g/mol. The average Bonchev–Trinajstić information content (AvgIpc) is 2.50. The van der Waals surface area contributed by atoms with Gasteiger partial charge in [-0.2, -0.15) is 0 Å². The molecule has 0 aromatic heterocycles. The van der Waals surface area contributed by atoms with Crippen molar-refractivity contribution in [2.75, 3.05) is 5.32 Å². The zero-order chi connectivity index (χ0) is 16.1. The molecule has 3 nitrogen and oxygen atoms in total. The Kier molecular flexibility index (Phi) is 5.08. The maximum absolute atomic E-state index is 12.2. The summed E-state index contributed by atoms with van der Waals surface area (Å²) in [5.41, 5.74) is 2.23. The van der Waals surface area contributed by atoms with Crippen LogP contribution in [0.3, 0.4) is 0 Å². The van der Waals surface area contributed by atoms with Gasteiger partial charge < -0.3 is 10.1 Å². The van der Waals surface area contributed by atoms with Crippen LogP contribution in [-0.4, -0.2) is 12.0 Å². The fourth-order valence-corrected chi connectivity index (χ4v) is 2.15. The Morgan fingerprint density at radius 1 is 1.32 bits per heavy atom. The van der Waals surface area contributed by atoms with E-state index in [1.807, 2.05) is 6.92 Å². The minimum atomic E-state index is -0.644. The third-order valence-electron chi connectivity index (χ3n) is 3.11. The molecule has 2 rings (SSSR count). The Labute approximate surface area is 135 Å². The van der Waals surface area contributed by atoms with Crippen LogP contribution in [0.15, 0.2) is 42.5 Å². The van der Waals surface area contributed by atoms with E-state index in [2.05, 4.69) is 11.2 Å². The molecule has 2 aromatic rings. The second-order valence-electron chi connectivity index (χ2n) is 4.88. The molecule has 0 bridgehead atoms. The molecule has 0 saturated carbocycles. The highest BCUT2D eigenvalue weighted by Crippen LogP contribution is 2.23. The molecule has 1 N–H and O–H groups in total. The number of rotatable bonds is 4. The molecule has 0 aliphatic rings. The summed E-state index contributed by atoms with van der Waals surface area (Å²) in [7, 11) is 0. The molecule has 22 heavy (non-hydrogen) atoms. The molecule has 1 unspecified atom stereocenters. The van der Waals surface area contributed by atoms with Crippen molar-refractivity contribution >= 4 is 23.2 Å². The van der Waals surface area contributed by atoms with Gasteiger partial charge in [0.2, 0.25) is 0 Å². The molecule has 0 radical (unpaired) electrons. The molecular weight excluding hydrogens is 298 g/mol. The number of hydrogen-bond acceptors (Lipinski definition) is 2. The molecule has 0 fully saturated rings. The summed E-state index contributed by atoms with van der Waals surface area (Å²) in [4.78, 5) is 12.2. The lowest BCUT2D eigenvalue weighted by atomic mass is 10.2. The van der Waals surface area contributed by atoms with Gasteiger partial charge in [0, 0.05) is 16.3 Å². The maximum atomic E-state index is 12.2. The Bertz CT molecular complexity index is 734. The van der Waals surface area contributed by atoms with Gasteiger partial charge in [-0.25, -0.2) is 0 Å². The van der Waals surface area contributed by atoms with Crippen molar-refractivity contribution in [1.29, 1.82) is 0 Å². The van der Waals surface area contributed by atoms with Crippen molar-refractivity contribution in [1.82, 2.24) is 0 Å². The summed E-state index contributed by atoms with van der Waals surface area (Å²) in [6.07, 6.45) is 4.70. The predicted octanol–water partition coefficient (Wildman–Crippen LogP) is 4.04. The molecule has 0 heterocycles. The quantitative estimate of drug-likeness (QED) is 0.865. The van der Waals surface area contributed by atoms with Crippen LogP contribution in [0, 0.1) is 19.3 Å². The predicted molar refractivity (Wildman–Crippen MR) is 89.3 cm³/mol. The Hall–Kier alpha value is -2.44. The number of amides is 1. The summed E-state index contributed by atoms with van der Waals surface area (Å²) in [6, 6.07) is 12.4. The minimum absolute atomic E-state index is 0.247. The first-order valence-corrected chi connectivity index (χ1v) is 7.17. The minimum Gasteiger partial charge on any atom is -0.481 e. The molecule has 0 spiro atoms. The summed E-state index contributed by atoms with van der Waals surface area (Å²) >= 11 is 5.90. The lowest BCUT2D eigenvalue weighted by Crippen LogP contribution is -2.30. The third-order valence-corrected chi connectivity index (χ3v) is 3.34. The molecule has 2 aromatic carbocycles. The number of anilines is 1. The van der Waals surface area contributed by atoms with Crippen molar-refractivity contribution in [2.45, 2.75) is 20.0 Å². The molecule has 0 saturated heterocycles. The van der Waals surface area contributed by atoms with Gasteiger partial charge in [0.15, 0.2) is 6.10 Å². The molecule has 4 heteroatoms. The SMILES string of the molecule is C#Cc1cccc(NC(=O)C(C)Oc2ccc(Cl)cc2C)c1. The van der Waals surface area contributed by atoms with E-state index in [0.29, 0.717) is 22.0 Å². The van der Waals surface area contributed by atoms with Crippen LogP contribution in [0.25, 0.3) is 0 Å². The summed E-state index contributed by atoms with van der Waals surface area (Å²) in [5.74, 6) is 2.91. The number of carbonyl (C=O) groups is 1. The number of hydrogen-bond donors (Lipinski definition) is 1. The van der Waals surface area contributed by atoms with Crippen molar-refractivity contribution in [2.24, 2.45) is 0 Å². The highest BCUT2D eigenvalue weighted by molar-refractivity contribution is 6.30. The smallest absolute Gasteiger partial charge is 0.265 e. The highest BCUT2D eigenvalue weighted by atomic mass is 35.5. The van der Waals surface area contributed by atoms with E-state index in [0.717, 1.165) is 5.56 Å². The van der Waals surface area contributed by atoms with Crippen LogP contribution in [0.1, 0.15) is 18.1 Å². The molecule has 112 valence electrons. The number of halogens is 1. The van der Waals surface area contributed by atoms with E-state index in [9.17, 15) is 4.79 Å². The summed E-state index contributed by atoms with van der Waals surface area (Å²) in [6.45, 7) is 3.57. The van der Waals surface area contributed by atoms with Gasteiger partial charge in [-0.1, -0.05) is 23.6 Å². The topological polar surface area (TPSA) is 38.3 Å². The van der Waals surface area contributed by atoms with Crippen LogP contribution in [0.4, 0.5) is 5.69 Å². The maximum Gasteiger partial charge on any atom is 0.265 e. The summed E-state index contributed by atoms with van der Waals surface area (Å²) < 4.78 is 5.68. The van der Waals surface area contributed by atoms with Crippen molar-refractivity contribution in [3.05, 3.63) is 58.6 Å². The monoisotopic (exact) mass is 313 g/mol. The van der Waals surface area contributed by atoms with Gasteiger partial charge >= 0.3 is 0 Å². The van der Waals surface area contributed by atoms with E-state index in [4.69, 9.17) is 22.8 Å². The first kappa shape index (κ1) is 15.9. The number of terminal acetylenes is 1. The van der Waals surface area contributed by atoms with E-state index < -0.39 is 6.10 Å². The van der Waals surface area contributed by atoms with Crippen LogP contribution in [0.5, 0.6) is 5.75 Å². The highest BCUT2D eigenvalue weighted by Gasteiger charge is 2.16. The van der Waals surface area contributed by atoms with E-state index in [1.165, 1.54) is 0 Å². The van der Waals surface area contributed by atoms with Gasteiger partial charge in [-0.15, -0.1) is 6.42 Å². The zero-order valence-corrected chi connectivity index (χ0v) is 13.1. The lowest BCUT2D eigenvalue weighted by Gasteiger charge is -2.16. The number of benzene rings is 2. The number of aryl methyl sites for hydroxylation is 1. The van der Waals surface area contributed by atoms with Gasteiger partial charge in [0.05, 0.1) is 0 Å². The van der Waals surface area contributed by atoms with Gasteiger partial charge in [-0.05, 0) is 55.8 Å². The Morgan fingerprint density at radius 3 is 2.77 bits per heavy atom. The van der Waals surface area contributed by atoms with Gasteiger partial charge in [0.25, 0.3) is 5.91 Å². The zero-order valence-electron chi connectivity index (χ0n) is 12.4.